The predicted octanol–water partition coefficient (Wildman–Crippen LogP) is 4.29. The van der Waals surface area contributed by atoms with Gasteiger partial charge in [-0.25, -0.2) is 4.68 Å². The molecule has 1 aliphatic rings. The molecule has 1 saturated heterocycles. The van der Waals surface area contributed by atoms with Crippen LogP contribution in [0.15, 0.2) is 65.5 Å². The number of nitrogens with zero attached hydrogens (tertiary/aromatic N) is 4. The largest absolute Gasteiger partial charge is 0.497 e. The Labute approximate surface area is 199 Å². The van der Waals surface area contributed by atoms with Crippen LogP contribution in [0.4, 0.5) is 5.69 Å². The van der Waals surface area contributed by atoms with Crippen LogP contribution >= 0.6 is 11.6 Å². The van der Waals surface area contributed by atoms with Gasteiger partial charge >= 0.3 is 0 Å². The Bertz CT molecular complexity index is 1120. The molecule has 0 bridgehead atoms. The van der Waals surface area contributed by atoms with Gasteiger partial charge in [0.2, 0.25) is 0 Å². The second-order valence-electron chi connectivity index (χ2n) is 8.08. The molecule has 4 rings (SSSR count). The number of hydrogen-bond donors (Lipinski definition) is 0. The van der Waals surface area contributed by atoms with Crippen molar-refractivity contribution >= 4 is 29.4 Å². The van der Waals surface area contributed by atoms with Crippen LogP contribution in [0.5, 0.6) is 5.75 Å². The van der Waals surface area contributed by atoms with E-state index in [4.69, 9.17) is 16.3 Å². The third-order valence-corrected chi connectivity index (χ3v) is 6.11. The summed E-state index contributed by atoms with van der Waals surface area (Å²) in [5.74, 6) is 0.880. The molecule has 0 N–H and O–H groups in total. The number of halogens is 1. The van der Waals surface area contributed by atoms with Crippen LogP contribution in [0.3, 0.4) is 0 Å². The molecular weight excluding hydrogens is 436 g/mol. The fraction of sp³-hybridized carbons (Fsp3) is 0.308. The first-order valence-electron chi connectivity index (χ1n) is 11.2. The minimum Gasteiger partial charge on any atom is -0.497 e. The molecule has 0 saturated carbocycles. The van der Waals surface area contributed by atoms with Crippen LogP contribution in [0.1, 0.15) is 17.7 Å². The highest BCUT2D eigenvalue weighted by atomic mass is 35.5. The van der Waals surface area contributed by atoms with Crippen molar-refractivity contribution in [1.29, 1.82) is 0 Å². The molecule has 1 aromatic heterocycles. The zero-order valence-corrected chi connectivity index (χ0v) is 19.6. The smallest absolute Gasteiger partial charge is 0.266 e. The number of methoxy groups -OCH3 is 1. The minimum absolute atomic E-state index is 0.0667. The third-order valence-electron chi connectivity index (χ3n) is 5.86. The molecule has 0 radical (unpaired) electrons. The van der Waals surface area contributed by atoms with Gasteiger partial charge in [0.1, 0.15) is 5.75 Å². The molecular formula is C26H29ClN4O2. The van der Waals surface area contributed by atoms with Gasteiger partial charge in [-0.15, -0.1) is 0 Å². The van der Waals surface area contributed by atoms with Crippen molar-refractivity contribution in [3.8, 4) is 5.75 Å². The Morgan fingerprint density at radius 3 is 2.33 bits per heavy atom. The number of aryl methyl sites for hydroxylation is 1. The second kappa shape index (κ2) is 11.2. The second-order valence-corrected chi connectivity index (χ2v) is 8.52. The molecule has 172 valence electrons. The number of piperazine rings is 1. The van der Waals surface area contributed by atoms with Crippen molar-refractivity contribution in [3.05, 3.63) is 87.3 Å². The summed E-state index contributed by atoms with van der Waals surface area (Å²) >= 11 is 5.93. The Morgan fingerprint density at radius 2 is 1.64 bits per heavy atom. The molecule has 0 aliphatic carbocycles. The maximum absolute atomic E-state index is 12.2. The highest BCUT2D eigenvalue weighted by molar-refractivity contribution is 6.30. The molecule has 0 unspecified atom stereocenters. The Morgan fingerprint density at radius 1 is 0.909 bits per heavy atom. The molecule has 0 atom stereocenters. The SMILES string of the molecule is COc1ccc(N2CCN(CCCn3nc(C=Cc4ccc(Cl)cc4)ccc3=O)CC2)cc1. The summed E-state index contributed by atoms with van der Waals surface area (Å²) in [6.45, 7) is 5.58. The van der Waals surface area contributed by atoms with Crippen LogP contribution in [0, 0.1) is 0 Å². The molecule has 2 aromatic carbocycles. The van der Waals surface area contributed by atoms with E-state index < -0.39 is 0 Å². The van der Waals surface area contributed by atoms with Crippen molar-refractivity contribution in [2.24, 2.45) is 0 Å². The van der Waals surface area contributed by atoms with E-state index in [9.17, 15) is 4.79 Å². The van der Waals surface area contributed by atoms with E-state index in [0.29, 0.717) is 11.6 Å². The van der Waals surface area contributed by atoms with Gasteiger partial charge in [0.15, 0.2) is 0 Å². The van der Waals surface area contributed by atoms with Gasteiger partial charge in [0, 0.05) is 56.0 Å². The van der Waals surface area contributed by atoms with Crippen molar-refractivity contribution in [1.82, 2.24) is 14.7 Å². The number of ether oxygens (including phenoxy) is 1. The standard InChI is InChI=1S/C26H29ClN4O2/c1-33-25-12-10-24(11-13-25)30-19-17-29(18-20-30)15-2-16-31-26(32)14-9-23(28-31)8-5-21-3-6-22(27)7-4-21/h3-14H,2,15-20H2,1H3. The summed E-state index contributed by atoms with van der Waals surface area (Å²) in [5.41, 5.74) is 2.96. The fourth-order valence-electron chi connectivity index (χ4n) is 3.94. The number of anilines is 1. The first-order valence-corrected chi connectivity index (χ1v) is 11.6. The summed E-state index contributed by atoms with van der Waals surface area (Å²) in [4.78, 5) is 17.1. The molecule has 33 heavy (non-hydrogen) atoms. The summed E-state index contributed by atoms with van der Waals surface area (Å²) < 4.78 is 6.81. The zero-order valence-electron chi connectivity index (χ0n) is 18.9. The van der Waals surface area contributed by atoms with Crippen molar-refractivity contribution in [2.45, 2.75) is 13.0 Å². The number of benzene rings is 2. The summed E-state index contributed by atoms with van der Waals surface area (Å²) in [5, 5.41) is 5.22. The van der Waals surface area contributed by atoms with Crippen LogP contribution in [-0.2, 0) is 6.54 Å². The molecule has 2 heterocycles. The maximum Gasteiger partial charge on any atom is 0.266 e. The third kappa shape index (κ3) is 6.46. The fourth-order valence-corrected chi connectivity index (χ4v) is 4.06. The van der Waals surface area contributed by atoms with E-state index in [2.05, 4.69) is 27.0 Å². The lowest BCUT2D eigenvalue weighted by molar-refractivity contribution is 0.248. The molecule has 7 heteroatoms. The number of hydrogen-bond acceptors (Lipinski definition) is 5. The monoisotopic (exact) mass is 464 g/mol. The topological polar surface area (TPSA) is 50.6 Å². The van der Waals surface area contributed by atoms with Crippen LogP contribution in [-0.4, -0.2) is 54.5 Å². The van der Waals surface area contributed by atoms with Crippen LogP contribution in [0.25, 0.3) is 12.2 Å². The van der Waals surface area contributed by atoms with Crippen LogP contribution < -0.4 is 15.2 Å². The van der Waals surface area contributed by atoms with E-state index >= 15 is 0 Å². The van der Waals surface area contributed by atoms with Gasteiger partial charge in [-0.05, 0) is 60.5 Å². The quantitative estimate of drug-likeness (QED) is 0.497. The number of rotatable bonds is 8. The minimum atomic E-state index is -0.0667. The van der Waals surface area contributed by atoms with Crippen molar-refractivity contribution in [2.75, 3.05) is 44.7 Å². The maximum atomic E-state index is 12.2. The first kappa shape index (κ1) is 23.1. The number of aromatic nitrogens is 2. The molecule has 0 spiro atoms. The van der Waals surface area contributed by atoms with Gasteiger partial charge in [-0.2, -0.15) is 5.10 Å². The summed E-state index contributed by atoms with van der Waals surface area (Å²) in [6.07, 6.45) is 4.77. The average molecular weight is 465 g/mol. The predicted molar refractivity (Wildman–Crippen MR) is 135 cm³/mol. The lowest BCUT2D eigenvalue weighted by Crippen LogP contribution is -2.46. The Hall–Kier alpha value is -3.09. The molecule has 6 nitrogen and oxygen atoms in total. The van der Waals surface area contributed by atoms with Gasteiger partial charge in [-0.1, -0.05) is 29.8 Å². The zero-order chi connectivity index (χ0) is 23.0. The van der Waals surface area contributed by atoms with Gasteiger partial charge in [0.05, 0.1) is 12.8 Å². The Kier molecular flexibility index (Phi) is 7.81. The normalized spacial score (nSPS) is 14.7. The summed E-state index contributed by atoms with van der Waals surface area (Å²) in [7, 11) is 1.69. The van der Waals surface area contributed by atoms with E-state index in [1.807, 2.05) is 48.6 Å². The first-order chi connectivity index (χ1) is 16.1. The van der Waals surface area contributed by atoms with E-state index in [1.165, 1.54) is 5.69 Å². The highest BCUT2D eigenvalue weighted by Gasteiger charge is 2.17. The average Bonchev–Trinajstić information content (AvgIpc) is 2.86. The van der Waals surface area contributed by atoms with Crippen molar-refractivity contribution in [3.63, 3.8) is 0 Å². The molecule has 0 amide bonds. The molecule has 3 aromatic rings. The van der Waals surface area contributed by atoms with E-state index in [0.717, 1.165) is 56.2 Å². The van der Waals surface area contributed by atoms with Gasteiger partial charge in [-0.3, -0.25) is 9.69 Å². The van der Waals surface area contributed by atoms with Crippen LogP contribution in [0.2, 0.25) is 5.02 Å². The van der Waals surface area contributed by atoms with E-state index in [1.54, 1.807) is 23.9 Å². The lowest BCUT2D eigenvalue weighted by Gasteiger charge is -2.36. The Balaban J connectivity index is 1.26. The molecule has 1 aliphatic heterocycles. The summed E-state index contributed by atoms with van der Waals surface area (Å²) in [6, 6.07) is 19.2. The lowest BCUT2D eigenvalue weighted by atomic mass is 10.2. The molecule has 1 fully saturated rings. The van der Waals surface area contributed by atoms with Gasteiger partial charge in [0.25, 0.3) is 5.56 Å². The highest BCUT2D eigenvalue weighted by Crippen LogP contribution is 2.20. The van der Waals surface area contributed by atoms with Crippen molar-refractivity contribution < 1.29 is 4.74 Å². The van der Waals surface area contributed by atoms with E-state index in [-0.39, 0.29) is 5.56 Å². The van der Waals surface area contributed by atoms with Gasteiger partial charge < -0.3 is 9.64 Å².